The Morgan fingerprint density at radius 1 is 0.833 bits per heavy atom. The average Bonchev–Trinajstić information content (AvgIpc) is 2.77. The van der Waals surface area contributed by atoms with E-state index in [-0.39, 0.29) is 6.54 Å². The SMILES string of the molecule is Cc1cccc(NC(=O)COC(=O)CNC(=O)c2ccc(-c3ccccc3)cc2)c1. The third-order valence-corrected chi connectivity index (χ3v) is 4.31. The maximum atomic E-state index is 12.2. The Bertz CT molecular complexity index is 1030. The first kappa shape index (κ1) is 20.8. The lowest BCUT2D eigenvalue weighted by molar-refractivity contribution is -0.146. The molecule has 0 aliphatic heterocycles. The highest BCUT2D eigenvalue weighted by atomic mass is 16.5. The summed E-state index contributed by atoms with van der Waals surface area (Å²) in [7, 11) is 0. The molecule has 2 amide bonds. The van der Waals surface area contributed by atoms with Crippen molar-refractivity contribution in [3.05, 3.63) is 90.0 Å². The van der Waals surface area contributed by atoms with E-state index in [0.717, 1.165) is 16.7 Å². The van der Waals surface area contributed by atoms with E-state index in [1.807, 2.05) is 67.6 Å². The van der Waals surface area contributed by atoms with Gasteiger partial charge >= 0.3 is 5.97 Å². The Morgan fingerprint density at radius 2 is 1.53 bits per heavy atom. The summed E-state index contributed by atoms with van der Waals surface area (Å²) in [5.74, 6) is -1.53. The molecule has 0 aromatic heterocycles. The van der Waals surface area contributed by atoms with Crippen LogP contribution in [0.5, 0.6) is 0 Å². The van der Waals surface area contributed by atoms with Gasteiger partial charge in [0, 0.05) is 11.3 Å². The van der Waals surface area contributed by atoms with E-state index >= 15 is 0 Å². The number of anilines is 1. The van der Waals surface area contributed by atoms with E-state index in [2.05, 4.69) is 10.6 Å². The molecule has 6 heteroatoms. The molecular formula is C24H22N2O4. The fourth-order valence-electron chi connectivity index (χ4n) is 2.82. The van der Waals surface area contributed by atoms with E-state index in [4.69, 9.17) is 4.74 Å². The molecule has 0 heterocycles. The van der Waals surface area contributed by atoms with Crippen LogP contribution in [0.15, 0.2) is 78.9 Å². The zero-order valence-electron chi connectivity index (χ0n) is 16.6. The lowest BCUT2D eigenvalue weighted by atomic mass is 10.0. The van der Waals surface area contributed by atoms with Gasteiger partial charge in [-0.2, -0.15) is 0 Å². The van der Waals surface area contributed by atoms with E-state index < -0.39 is 24.4 Å². The first-order chi connectivity index (χ1) is 14.5. The molecule has 2 N–H and O–H groups in total. The summed E-state index contributed by atoms with van der Waals surface area (Å²) >= 11 is 0. The minimum absolute atomic E-state index is 0.322. The van der Waals surface area contributed by atoms with Crippen molar-refractivity contribution in [2.24, 2.45) is 0 Å². The smallest absolute Gasteiger partial charge is 0.325 e. The van der Waals surface area contributed by atoms with E-state index in [1.54, 1.807) is 18.2 Å². The number of hydrogen-bond acceptors (Lipinski definition) is 4. The quantitative estimate of drug-likeness (QED) is 0.592. The van der Waals surface area contributed by atoms with Crippen LogP contribution in [0.2, 0.25) is 0 Å². The molecule has 6 nitrogen and oxygen atoms in total. The molecule has 0 atom stereocenters. The Labute approximate surface area is 174 Å². The van der Waals surface area contributed by atoms with Gasteiger partial charge in [-0.3, -0.25) is 14.4 Å². The molecule has 0 saturated heterocycles. The number of nitrogens with one attached hydrogen (secondary N) is 2. The minimum Gasteiger partial charge on any atom is -0.454 e. The molecule has 0 bridgehead atoms. The van der Waals surface area contributed by atoms with Crippen molar-refractivity contribution < 1.29 is 19.1 Å². The van der Waals surface area contributed by atoms with E-state index in [1.165, 1.54) is 0 Å². The predicted molar refractivity (Wildman–Crippen MR) is 115 cm³/mol. The molecule has 30 heavy (non-hydrogen) atoms. The van der Waals surface area contributed by atoms with Gasteiger partial charge in [0.25, 0.3) is 11.8 Å². The third kappa shape index (κ3) is 6.04. The molecule has 152 valence electrons. The van der Waals surface area contributed by atoms with Gasteiger partial charge in [-0.25, -0.2) is 0 Å². The third-order valence-electron chi connectivity index (χ3n) is 4.31. The zero-order chi connectivity index (χ0) is 21.3. The van der Waals surface area contributed by atoms with Crippen molar-refractivity contribution in [2.45, 2.75) is 6.92 Å². The van der Waals surface area contributed by atoms with Crippen LogP contribution >= 0.6 is 0 Å². The summed E-state index contributed by atoms with van der Waals surface area (Å²) in [6.07, 6.45) is 0. The maximum absolute atomic E-state index is 12.2. The van der Waals surface area contributed by atoms with Crippen LogP contribution in [-0.4, -0.2) is 30.9 Å². The summed E-state index contributed by atoms with van der Waals surface area (Å²) in [6.45, 7) is 1.17. The van der Waals surface area contributed by atoms with Crippen LogP contribution in [0, 0.1) is 6.92 Å². The van der Waals surface area contributed by atoms with Gasteiger partial charge in [0.05, 0.1) is 0 Å². The second-order valence-corrected chi connectivity index (χ2v) is 6.70. The van der Waals surface area contributed by atoms with Gasteiger partial charge in [0.15, 0.2) is 6.61 Å². The first-order valence-electron chi connectivity index (χ1n) is 9.47. The van der Waals surface area contributed by atoms with E-state index in [9.17, 15) is 14.4 Å². The number of aryl methyl sites for hydroxylation is 1. The summed E-state index contributed by atoms with van der Waals surface area (Å²) in [5.41, 5.74) is 4.11. The van der Waals surface area contributed by atoms with Gasteiger partial charge in [0.2, 0.25) is 0 Å². The van der Waals surface area contributed by atoms with Crippen molar-refractivity contribution in [3.8, 4) is 11.1 Å². The maximum Gasteiger partial charge on any atom is 0.325 e. The van der Waals surface area contributed by atoms with Gasteiger partial charge in [-0.15, -0.1) is 0 Å². The zero-order valence-corrected chi connectivity index (χ0v) is 16.6. The number of carbonyl (C=O) groups excluding carboxylic acids is 3. The fraction of sp³-hybridized carbons (Fsp3) is 0.125. The van der Waals surface area contributed by atoms with Gasteiger partial charge < -0.3 is 15.4 Å². The van der Waals surface area contributed by atoms with Crippen molar-refractivity contribution in [1.82, 2.24) is 5.32 Å². The van der Waals surface area contributed by atoms with Gasteiger partial charge in [-0.1, -0.05) is 54.6 Å². The van der Waals surface area contributed by atoms with Crippen molar-refractivity contribution in [2.75, 3.05) is 18.5 Å². The highest BCUT2D eigenvalue weighted by Crippen LogP contribution is 2.19. The van der Waals surface area contributed by atoms with Crippen molar-refractivity contribution in [1.29, 1.82) is 0 Å². The number of hydrogen-bond donors (Lipinski definition) is 2. The summed E-state index contributed by atoms with van der Waals surface area (Å²) in [4.78, 5) is 35.9. The molecular weight excluding hydrogens is 380 g/mol. The summed E-state index contributed by atoms with van der Waals surface area (Å²) in [6, 6.07) is 24.2. The largest absolute Gasteiger partial charge is 0.454 e. The van der Waals surface area contributed by atoms with Gasteiger partial charge in [-0.05, 0) is 47.9 Å². The Kier molecular flexibility index (Phi) is 6.95. The molecule has 3 aromatic carbocycles. The highest BCUT2D eigenvalue weighted by Gasteiger charge is 2.11. The monoisotopic (exact) mass is 402 g/mol. The fourth-order valence-corrected chi connectivity index (χ4v) is 2.82. The Balaban J connectivity index is 1.43. The Hall–Kier alpha value is -3.93. The van der Waals surface area contributed by atoms with E-state index in [0.29, 0.717) is 11.3 Å². The molecule has 3 rings (SSSR count). The normalized spacial score (nSPS) is 10.2. The lowest BCUT2D eigenvalue weighted by Crippen LogP contribution is -2.32. The van der Waals surface area contributed by atoms with Gasteiger partial charge in [0.1, 0.15) is 6.54 Å². The average molecular weight is 402 g/mol. The Morgan fingerprint density at radius 3 is 2.23 bits per heavy atom. The molecule has 0 unspecified atom stereocenters. The molecule has 0 saturated carbocycles. The number of rotatable bonds is 7. The molecule has 0 aliphatic rings. The van der Waals surface area contributed by atoms with Crippen LogP contribution in [0.25, 0.3) is 11.1 Å². The second kappa shape index (κ2) is 10.0. The molecule has 0 aliphatic carbocycles. The van der Waals surface area contributed by atoms with Crippen LogP contribution in [0.1, 0.15) is 15.9 Å². The summed E-state index contributed by atoms with van der Waals surface area (Å²) < 4.78 is 4.90. The van der Waals surface area contributed by atoms with Crippen LogP contribution in [0.4, 0.5) is 5.69 Å². The van der Waals surface area contributed by atoms with Crippen molar-refractivity contribution >= 4 is 23.5 Å². The molecule has 0 radical (unpaired) electrons. The highest BCUT2D eigenvalue weighted by molar-refractivity contribution is 5.97. The van der Waals surface area contributed by atoms with Crippen molar-refractivity contribution in [3.63, 3.8) is 0 Å². The molecule has 0 fully saturated rings. The van der Waals surface area contributed by atoms with Crippen LogP contribution in [0.3, 0.4) is 0 Å². The topological polar surface area (TPSA) is 84.5 Å². The second-order valence-electron chi connectivity index (χ2n) is 6.70. The lowest BCUT2D eigenvalue weighted by Gasteiger charge is -2.08. The number of benzene rings is 3. The first-order valence-corrected chi connectivity index (χ1v) is 9.47. The minimum atomic E-state index is -0.691. The van der Waals surface area contributed by atoms with Crippen LogP contribution in [-0.2, 0) is 14.3 Å². The number of amides is 2. The standard InChI is InChI=1S/C24H22N2O4/c1-17-6-5-9-21(14-17)26-22(27)16-30-23(28)15-25-24(29)20-12-10-19(11-13-20)18-7-3-2-4-8-18/h2-14H,15-16H2,1H3,(H,25,29)(H,26,27). The number of carbonyl (C=O) groups is 3. The molecule has 3 aromatic rings. The summed E-state index contributed by atoms with van der Waals surface area (Å²) in [5, 5.41) is 5.14. The predicted octanol–water partition coefficient (Wildman–Crippen LogP) is 3.57. The number of esters is 1. The number of ether oxygens (including phenoxy) is 1. The van der Waals surface area contributed by atoms with Crippen LogP contribution < -0.4 is 10.6 Å². The molecule has 0 spiro atoms.